The monoisotopic (exact) mass is 367 g/mol. The first-order chi connectivity index (χ1) is 13.2. The molecule has 2 atom stereocenters. The highest BCUT2D eigenvalue weighted by Gasteiger charge is 2.31. The molecule has 2 aliphatic rings. The van der Waals surface area contributed by atoms with Crippen molar-refractivity contribution in [2.45, 2.75) is 31.3 Å². The fraction of sp³-hybridized carbons (Fsp3) is 0.450. The third kappa shape index (κ3) is 3.58. The number of hydrogen-bond donors (Lipinski definition) is 1. The molecule has 4 rings (SSSR count). The Morgan fingerprint density at radius 2 is 2.22 bits per heavy atom. The molecule has 7 heteroatoms. The maximum absolute atomic E-state index is 13.9. The Morgan fingerprint density at radius 3 is 3.07 bits per heavy atom. The number of likely N-dealkylation sites (tertiary alicyclic amines) is 2. The van der Waals surface area contributed by atoms with Crippen molar-refractivity contribution < 1.29 is 9.18 Å². The number of carbonyl (C=O) groups is 1. The number of halogens is 1. The minimum absolute atomic E-state index is 0.0381. The largest absolute Gasteiger partial charge is 0.380 e. The number of rotatable bonds is 4. The Kier molecular flexibility index (Phi) is 4.90. The third-order valence-electron chi connectivity index (χ3n) is 5.43. The summed E-state index contributed by atoms with van der Waals surface area (Å²) >= 11 is 0. The smallest absolute Gasteiger partial charge is 0.237 e. The van der Waals surface area contributed by atoms with Gasteiger partial charge in [0, 0.05) is 42.9 Å². The van der Waals surface area contributed by atoms with Crippen LogP contribution in [0.2, 0.25) is 0 Å². The Labute approximate surface area is 157 Å². The molecule has 1 aromatic carbocycles. The molecule has 27 heavy (non-hydrogen) atoms. The number of pyridine rings is 1. The molecule has 1 N–H and O–H groups in total. The summed E-state index contributed by atoms with van der Waals surface area (Å²) in [6, 6.07) is 8.96. The second-order valence-corrected chi connectivity index (χ2v) is 7.23. The Hall–Kier alpha value is -2.72. The van der Waals surface area contributed by atoms with Crippen LogP contribution < -0.4 is 5.32 Å². The van der Waals surface area contributed by atoms with Gasteiger partial charge in [0.2, 0.25) is 5.91 Å². The highest BCUT2D eigenvalue weighted by Crippen LogP contribution is 2.26. The molecule has 2 saturated heterocycles. The van der Waals surface area contributed by atoms with Gasteiger partial charge < -0.3 is 10.2 Å². The molecule has 1 unspecified atom stereocenters. The molecule has 2 fully saturated rings. The second-order valence-electron chi connectivity index (χ2n) is 7.23. The van der Waals surface area contributed by atoms with Crippen molar-refractivity contribution in [1.29, 1.82) is 5.26 Å². The summed E-state index contributed by atoms with van der Waals surface area (Å²) in [6.45, 7) is 2.60. The van der Waals surface area contributed by atoms with Crippen LogP contribution in [-0.2, 0) is 4.79 Å². The van der Waals surface area contributed by atoms with Crippen LogP contribution in [0.3, 0.4) is 0 Å². The molecular weight excluding hydrogens is 345 g/mol. The van der Waals surface area contributed by atoms with Gasteiger partial charge in [0.1, 0.15) is 17.4 Å². The van der Waals surface area contributed by atoms with E-state index in [9.17, 15) is 9.18 Å². The normalized spacial score (nSPS) is 22.9. The van der Waals surface area contributed by atoms with E-state index in [2.05, 4.69) is 21.3 Å². The lowest BCUT2D eigenvalue weighted by atomic mass is 10.1. The van der Waals surface area contributed by atoms with Crippen molar-refractivity contribution in [3.05, 3.63) is 36.3 Å². The first-order valence-corrected chi connectivity index (χ1v) is 9.37. The van der Waals surface area contributed by atoms with Crippen LogP contribution in [0.15, 0.2) is 30.5 Å². The highest BCUT2D eigenvalue weighted by molar-refractivity contribution is 5.91. The molecule has 3 heterocycles. The van der Waals surface area contributed by atoms with Gasteiger partial charge in [0.05, 0.1) is 12.6 Å². The molecule has 2 aliphatic heterocycles. The molecule has 1 amide bonds. The molecule has 6 nitrogen and oxygen atoms in total. The number of benzene rings is 1. The molecular formula is C20H22FN5O. The first kappa shape index (κ1) is 17.7. The summed E-state index contributed by atoms with van der Waals surface area (Å²) in [4.78, 5) is 20.5. The number of para-hydroxylation sites is 1. The Bertz CT molecular complexity index is 896. The van der Waals surface area contributed by atoms with E-state index in [4.69, 9.17) is 5.26 Å². The van der Waals surface area contributed by atoms with E-state index >= 15 is 0 Å². The average Bonchev–Trinajstić information content (AvgIpc) is 3.32. The van der Waals surface area contributed by atoms with Crippen molar-refractivity contribution >= 4 is 22.5 Å². The van der Waals surface area contributed by atoms with Crippen molar-refractivity contribution in [2.24, 2.45) is 0 Å². The van der Waals surface area contributed by atoms with Crippen LogP contribution in [0, 0.1) is 17.1 Å². The van der Waals surface area contributed by atoms with Crippen LogP contribution in [-0.4, -0.2) is 59.0 Å². The number of fused-ring (bicyclic) bond motifs is 1. The fourth-order valence-electron chi connectivity index (χ4n) is 4.06. The maximum Gasteiger partial charge on any atom is 0.237 e. The molecule has 2 aromatic rings. The number of anilines is 1. The number of nitrogens with zero attached hydrogens (tertiary/aromatic N) is 4. The number of carbonyl (C=O) groups excluding carboxylic acids is 1. The summed E-state index contributed by atoms with van der Waals surface area (Å²) in [5, 5.41) is 13.4. The predicted molar refractivity (Wildman–Crippen MR) is 101 cm³/mol. The zero-order valence-electron chi connectivity index (χ0n) is 15.1. The van der Waals surface area contributed by atoms with Crippen molar-refractivity contribution in [3.8, 4) is 6.07 Å². The highest BCUT2D eigenvalue weighted by atomic mass is 19.1. The topological polar surface area (TPSA) is 72.3 Å². The van der Waals surface area contributed by atoms with Gasteiger partial charge in [-0.2, -0.15) is 5.26 Å². The number of nitrogens with one attached hydrogen (secondary N) is 1. The zero-order valence-corrected chi connectivity index (χ0v) is 15.1. The van der Waals surface area contributed by atoms with Gasteiger partial charge in [-0.3, -0.25) is 14.7 Å². The number of nitriles is 1. The van der Waals surface area contributed by atoms with Crippen molar-refractivity contribution in [1.82, 2.24) is 14.8 Å². The van der Waals surface area contributed by atoms with E-state index in [0.717, 1.165) is 43.4 Å². The van der Waals surface area contributed by atoms with E-state index < -0.39 is 0 Å². The van der Waals surface area contributed by atoms with Gasteiger partial charge in [0.15, 0.2) is 0 Å². The van der Waals surface area contributed by atoms with Gasteiger partial charge in [-0.05, 0) is 31.4 Å². The molecule has 0 bridgehead atoms. The van der Waals surface area contributed by atoms with Gasteiger partial charge >= 0.3 is 0 Å². The van der Waals surface area contributed by atoms with Crippen molar-refractivity contribution in [3.63, 3.8) is 0 Å². The van der Waals surface area contributed by atoms with Crippen LogP contribution in [0.1, 0.15) is 19.3 Å². The number of hydrogen-bond acceptors (Lipinski definition) is 5. The average molecular weight is 367 g/mol. The first-order valence-electron chi connectivity index (χ1n) is 9.37. The lowest BCUT2D eigenvalue weighted by Crippen LogP contribution is -2.42. The molecule has 140 valence electrons. The van der Waals surface area contributed by atoms with Crippen molar-refractivity contribution in [2.75, 3.05) is 31.5 Å². The third-order valence-corrected chi connectivity index (χ3v) is 5.43. The Morgan fingerprint density at radius 1 is 1.33 bits per heavy atom. The van der Waals surface area contributed by atoms with Gasteiger partial charge in [-0.15, -0.1) is 0 Å². The van der Waals surface area contributed by atoms with Crippen LogP contribution >= 0.6 is 0 Å². The fourth-order valence-corrected chi connectivity index (χ4v) is 4.06. The van der Waals surface area contributed by atoms with Gasteiger partial charge in [-0.1, -0.05) is 12.1 Å². The summed E-state index contributed by atoms with van der Waals surface area (Å²) in [6.07, 6.45) is 4.20. The quantitative estimate of drug-likeness (QED) is 0.898. The summed E-state index contributed by atoms with van der Waals surface area (Å²) < 4.78 is 13.9. The minimum Gasteiger partial charge on any atom is -0.380 e. The number of aromatic nitrogens is 1. The summed E-state index contributed by atoms with van der Waals surface area (Å²) in [5.41, 5.74) is 1.23. The standard InChI is InChI=1S/C20H22FN5O/c21-17-5-1-4-16-18(6-8-23-20(16)17)24-14-7-10-25(12-14)13-19(27)26-9-2-3-15(26)11-22/h1,4-6,8,14-15H,2-3,7,9-10,12-13H2,(H,23,24)/t14-,15?/m1/s1. The van der Waals surface area contributed by atoms with Crippen LogP contribution in [0.4, 0.5) is 10.1 Å². The van der Waals surface area contributed by atoms with E-state index in [1.165, 1.54) is 6.07 Å². The summed E-state index contributed by atoms with van der Waals surface area (Å²) in [7, 11) is 0. The lowest BCUT2D eigenvalue weighted by Gasteiger charge is -2.23. The van der Waals surface area contributed by atoms with E-state index in [1.807, 2.05) is 12.1 Å². The maximum atomic E-state index is 13.9. The summed E-state index contributed by atoms with van der Waals surface area (Å²) in [5.74, 6) is -0.288. The molecule has 0 aliphatic carbocycles. The van der Waals surface area contributed by atoms with E-state index in [0.29, 0.717) is 18.6 Å². The predicted octanol–water partition coefficient (Wildman–Crippen LogP) is 2.37. The second kappa shape index (κ2) is 7.49. The molecule has 0 saturated carbocycles. The Balaban J connectivity index is 1.39. The van der Waals surface area contributed by atoms with Crippen LogP contribution in [0.25, 0.3) is 10.9 Å². The van der Waals surface area contributed by atoms with Crippen LogP contribution in [0.5, 0.6) is 0 Å². The number of amides is 1. The lowest BCUT2D eigenvalue weighted by molar-refractivity contribution is -0.132. The van der Waals surface area contributed by atoms with E-state index in [1.54, 1.807) is 17.2 Å². The SMILES string of the molecule is N#CC1CCCN1C(=O)CN1CC[C@@H](Nc2ccnc3c(F)cccc23)C1. The zero-order chi connectivity index (χ0) is 18.8. The van der Waals surface area contributed by atoms with Gasteiger partial charge in [-0.25, -0.2) is 4.39 Å². The minimum atomic E-state index is -0.326. The van der Waals surface area contributed by atoms with Gasteiger partial charge in [0.25, 0.3) is 0 Å². The van der Waals surface area contributed by atoms with E-state index in [-0.39, 0.29) is 23.8 Å². The molecule has 0 spiro atoms. The molecule has 0 radical (unpaired) electrons. The molecule has 1 aromatic heterocycles.